The molecule has 10 heteroatoms. The minimum absolute atomic E-state index is 0.201. The third-order valence-electron chi connectivity index (χ3n) is 6.36. The van der Waals surface area contributed by atoms with Crippen molar-refractivity contribution in [3.63, 3.8) is 0 Å². The highest BCUT2D eigenvalue weighted by Gasteiger charge is 2.43. The number of nitrogens with zero attached hydrogens (tertiary/aromatic N) is 4. The normalized spacial score (nSPS) is 19.0. The zero-order valence-corrected chi connectivity index (χ0v) is 20.1. The van der Waals surface area contributed by atoms with E-state index in [1.54, 1.807) is 0 Å². The standard InChI is InChI=1S/C25H32N6O4/c1-3-4-9-19(26)24(33)31-13-12-20(29-30-27)22(31)23(32)28-21(25(34)35-2)15-16-10-11-17-7-5-6-8-18(17)14-16/h5-8,10-11,14,19-22H,3-4,9,12-13,15,26H2,1-2H3,(H,28,32)/t19-,20-,21+,22+/m1/s1. The van der Waals surface area contributed by atoms with Gasteiger partial charge in [0.1, 0.15) is 12.1 Å². The number of amides is 2. The average molecular weight is 481 g/mol. The molecule has 3 rings (SSSR count). The molecule has 35 heavy (non-hydrogen) atoms. The predicted octanol–water partition coefficient (Wildman–Crippen LogP) is 2.84. The highest BCUT2D eigenvalue weighted by Crippen LogP contribution is 2.24. The molecule has 1 fully saturated rings. The Morgan fingerprint density at radius 1 is 1.26 bits per heavy atom. The number of hydrogen-bond donors (Lipinski definition) is 2. The third kappa shape index (κ3) is 6.29. The molecule has 2 aromatic carbocycles. The van der Waals surface area contributed by atoms with Gasteiger partial charge in [-0.05, 0) is 34.7 Å². The number of unbranched alkanes of at least 4 members (excludes halogenated alkanes) is 1. The first-order chi connectivity index (χ1) is 16.9. The summed E-state index contributed by atoms with van der Waals surface area (Å²) >= 11 is 0. The fourth-order valence-electron chi connectivity index (χ4n) is 4.48. The summed E-state index contributed by atoms with van der Waals surface area (Å²) in [5.41, 5.74) is 15.9. The summed E-state index contributed by atoms with van der Waals surface area (Å²) in [4.78, 5) is 43.2. The number of nitrogens with one attached hydrogen (secondary N) is 1. The number of ether oxygens (including phenoxy) is 1. The van der Waals surface area contributed by atoms with Gasteiger partial charge < -0.3 is 20.7 Å². The molecule has 3 N–H and O–H groups in total. The average Bonchev–Trinajstić information content (AvgIpc) is 3.29. The van der Waals surface area contributed by atoms with Crippen molar-refractivity contribution in [3.05, 3.63) is 58.5 Å². The van der Waals surface area contributed by atoms with E-state index in [0.29, 0.717) is 12.8 Å². The van der Waals surface area contributed by atoms with Crippen molar-refractivity contribution in [2.75, 3.05) is 13.7 Å². The third-order valence-corrected chi connectivity index (χ3v) is 6.36. The van der Waals surface area contributed by atoms with E-state index in [-0.39, 0.29) is 18.9 Å². The quantitative estimate of drug-likeness (QED) is 0.232. The number of rotatable bonds is 10. The van der Waals surface area contributed by atoms with Crippen LogP contribution >= 0.6 is 0 Å². The lowest BCUT2D eigenvalue weighted by Gasteiger charge is -2.29. The molecule has 2 aromatic rings. The summed E-state index contributed by atoms with van der Waals surface area (Å²) in [5, 5.41) is 8.54. The summed E-state index contributed by atoms with van der Waals surface area (Å²) in [5.74, 6) is -1.55. The van der Waals surface area contributed by atoms with Crippen LogP contribution in [0, 0.1) is 0 Å². The molecule has 10 nitrogen and oxygen atoms in total. The highest BCUT2D eigenvalue weighted by molar-refractivity contribution is 5.93. The van der Waals surface area contributed by atoms with Gasteiger partial charge in [0, 0.05) is 17.9 Å². The van der Waals surface area contributed by atoms with Gasteiger partial charge in [-0.2, -0.15) is 0 Å². The van der Waals surface area contributed by atoms with Crippen molar-refractivity contribution in [3.8, 4) is 0 Å². The zero-order valence-electron chi connectivity index (χ0n) is 20.1. The number of azide groups is 1. The number of carbonyl (C=O) groups is 3. The van der Waals surface area contributed by atoms with Gasteiger partial charge in [-0.15, -0.1) is 0 Å². The molecule has 0 aromatic heterocycles. The Morgan fingerprint density at radius 2 is 2.00 bits per heavy atom. The van der Waals surface area contributed by atoms with Crippen LogP contribution in [0.1, 0.15) is 38.2 Å². The lowest BCUT2D eigenvalue weighted by atomic mass is 10.0. The van der Waals surface area contributed by atoms with Gasteiger partial charge in [0.05, 0.1) is 19.2 Å². The van der Waals surface area contributed by atoms with Crippen molar-refractivity contribution in [1.29, 1.82) is 0 Å². The second-order valence-electron chi connectivity index (χ2n) is 8.76. The van der Waals surface area contributed by atoms with Crippen molar-refractivity contribution in [2.45, 2.75) is 63.2 Å². The van der Waals surface area contributed by atoms with Gasteiger partial charge in [0.25, 0.3) is 0 Å². The van der Waals surface area contributed by atoms with Crippen molar-refractivity contribution in [2.24, 2.45) is 10.8 Å². The fourth-order valence-corrected chi connectivity index (χ4v) is 4.48. The van der Waals surface area contributed by atoms with Crippen LogP contribution in [0.4, 0.5) is 0 Å². The molecule has 0 aliphatic carbocycles. The summed E-state index contributed by atoms with van der Waals surface area (Å²) in [6, 6.07) is 10.1. The van der Waals surface area contributed by atoms with Crippen LogP contribution in [0.5, 0.6) is 0 Å². The zero-order chi connectivity index (χ0) is 25.4. The molecule has 0 radical (unpaired) electrons. The van der Waals surface area contributed by atoms with E-state index in [1.807, 2.05) is 49.4 Å². The van der Waals surface area contributed by atoms with Gasteiger partial charge >= 0.3 is 5.97 Å². The van der Waals surface area contributed by atoms with E-state index in [9.17, 15) is 14.4 Å². The number of benzene rings is 2. The minimum Gasteiger partial charge on any atom is -0.467 e. The lowest BCUT2D eigenvalue weighted by molar-refractivity contribution is -0.146. The molecular weight excluding hydrogens is 448 g/mol. The van der Waals surface area contributed by atoms with Crippen LogP contribution in [0.15, 0.2) is 47.6 Å². The molecule has 1 aliphatic rings. The number of fused-ring (bicyclic) bond motifs is 1. The van der Waals surface area contributed by atoms with Crippen LogP contribution in [0.25, 0.3) is 21.2 Å². The molecule has 2 amide bonds. The number of likely N-dealkylation sites (tertiary alicyclic amines) is 1. The van der Waals surface area contributed by atoms with Gasteiger partial charge in [0.2, 0.25) is 11.8 Å². The van der Waals surface area contributed by atoms with E-state index in [4.69, 9.17) is 16.0 Å². The van der Waals surface area contributed by atoms with E-state index in [2.05, 4.69) is 15.3 Å². The van der Waals surface area contributed by atoms with Gasteiger partial charge in [-0.1, -0.05) is 67.3 Å². The molecular formula is C25H32N6O4. The highest BCUT2D eigenvalue weighted by atomic mass is 16.5. The smallest absolute Gasteiger partial charge is 0.328 e. The van der Waals surface area contributed by atoms with E-state index >= 15 is 0 Å². The van der Waals surface area contributed by atoms with Gasteiger partial charge in [0.15, 0.2) is 0 Å². The van der Waals surface area contributed by atoms with Crippen LogP contribution in [-0.4, -0.2) is 60.5 Å². The number of nitrogens with two attached hydrogens (primary N) is 1. The molecule has 0 spiro atoms. The number of carbonyl (C=O) groups excluding carboxylic acids is 3. The van der Waals surface area contributed by atoms with E-state index in [0.717, 1.165) is 29.2 Å². The Labute approximate surface area is 204 Å². The van der Waals surface area contributed by atoms with Crippen LogP contribution < -0.4 is 11.1 Å². The maximum Gasteiger partial charge on any atom is 0.328 e. The summed E-state index contributed by atoms with van der Waals surface area (Å²) in [6.07, 6.45) is 2.71. The largest absolute Gasteiger partial charge is 0.467 e. The Balaban J connectivity index is 1.81. The number of hydrogen-bond acceptors (Lipinski definition) is 6. The van der Waals surface area contributed by atoms with Gasteiger partial charge in [-0.25, -0.2) is 4.79 Å². The lowest BCUT2D eigenvalue weighted by Crippen LogP contribution is -2.56. The maximum absolute atomic E-state index is 13.4. The fraction of sp³-hybridized carbons (Fsp3) is 0.480. The molecule has 0 saturated carbocycles. The predicted molar refractivity (Wildman–Crippen MR) is 132 cm³/mol. The van der Waals surface area contributed by atoms with E-state index < -0.39 is 36.0 Å². The summed E-state index contributed by atoms with van der Waals surface area (Å²) in [6.45, 7) is 2.25. The molecule has 1 saturated heterocycles. The van der Waals surface area contributed by atoms with Crippen molar-refractivity contribution >= 4 is 28.6 Å². The van der Waals surface area contributed by atoms with Crippen LogP contribution in [0.2, 0.25) is 0 Å². The van der Waals surface area contributed by atoms with Crippen molar-refractivity contribution < 1.29 is 19.1 Å². The van der Waals surface area contributed by atoms with Crippen LogP contribution in [0.3, 0.4) is 0 Å². The Bertz CT molecular complexity index is 1120. The van der Waals surface area contributed by atoms with Crippen molar-refractivity contribution in [1.82, 2.24) is 10.2 Å². The Morgan fingerprint density at radius 3 is 2.69 bits per heavy atom. The number of esters is 1. The van der Waals surface area contributed by atoms with Crippen LogP contribution in [-0.2, 0) is 25.5 Å². The molecule has 4 atom stereocenters. The molecule has 1 heterocycles. The SMILES string of the molecule is CCCC[C@@H](N)C(=O)N1CC[C@@H](N=[N+]=[N-])[C@H]1C(=O)N[C@@H](Cc1ccc2ccccc2c1)C(=O)OC. The molecule has 1 aliphatic heterocycles. The monoisotopic (exact) mass is 480 g/mol. The number of methoxy groups -OCH3 is 1. The minimum atomic E-state index is -1.05. The van der Waals surface area contributed by atoms with Gasteiger partial charge in [-0.3, -0.25) is 9.59 Å². The second kappa shape index (κ2) is 12.2. The van der Waals surface area contributed by atoms with E-state index in [1.165, 1.54) is 12.0 Å². The first-order valence-electron chi connectivity index (χ1n) is 11.9. The topological polar surface area (TPSA) is 150 Å². The first kappa shape index (κ1) is 26.0. The molecule has 0 unspecified atom stereocenters. The summed E-state index contributed by atoms with van der Waals surface area (Å²) < 4.78 is 4.93. The molecule has 186 valence electrons. The summed E-state index contributed by atoms with van der Waals surface area (Å²) in [7, 11) is 1.25. The Hall–Kier alpha value is -3.62. The first-order valence-corrected chi connectivity index (χ1v) is 11.9. The Kier molecular flexibility index (Phi) is 9.05. The molecule has 0 bridgehead atoms. The second-order valence-corrected chi connectivity index (χ2v) is 8.76. The maximum atomic E-state index is 13.4.